The second-order valence-corrected chi connectivity index (χ2v) is 7.94. The minimum Gasteiger partial charge on any atom is -0.331 e. The number of aryl methyl sites for hydroxylation is 2. The van der Waals surface area contributed by atoms with Gasteiger partial charge in [-0.05, 0) is 31.0 Å². The summed E-state index contributed by atoms with van der Waals surface area (Å²) < 4.78 is 1.42. The van der Waals surface area contributed by atoms with E-state index in [9.17, 15) is 9.59 Å². The summed E-state index contributed by atoms with van der Waals surface area (Å²) in [6.45, 7) is 5.91. The molecule has 1 fully saturated rings. The third-order valence-electron chi connectivity index (χ3n) is 5.09. The van der Waals surface area contributed by atoms with Crippen LogP contribution in [0.1, 0.15) is 22.0 Å². The highest BCUT2D eigenvalue weighted by Gasteiger charge is 2.28. The van der Waals surface area contributed by atoms with Crippen LogP contribution in [0.4, 0.5) is 0 Å². The Labute approximate surface area is 172 Å². The van der Waals surface area contributed by atoms with Crippen molar-refractivity contribution in [2.45, 2.75) is 26.4 Å². The molecule has 4 rings (SSSR count). The van der Waals surface area contributed by atoms with Crippen molar-refractivity contribution in [3.63, 3.8) is 0 Å². The van der Waals surface area contributed by atoms with E-state index in [1.54, 1.807) is 12.4 Å². The van der Waals surface area contributed by atoms with Crippen LogP contribution in [0.25, 0.3) is 10.2 Å². The molecule has 0 aromatic carbocycles. The highest BCUT2D eigenvalue weighted by Crippen LogP contribution is 2.26. The largest absolute Gasteiger partial charge is 0.331 e. The van der Waals surface area contributed by atoms with E-state index in [0.717, 1.165) is 27.4 Å². The number of piperazine rings is 1. The summed E-state index contributed by atoms with van der Waals surface area (Å²) in [6.07, 6.45) is 4.99. The number of aromatic nitrogens is 3. The number of nitrogens with zero attached hydrogens (tertiary/aromatic N) is 4. The average Bonchev–Trinajstić information content (AvgIpc) is 2.99. The molecule has 1 atom stereocenters. The molecule has 3 aromatic rings. The number of hydrogen-bond acceptors (Lipinski definition) is 6. The van der Waals surface area contributed by atoms with Gasteiger partial charge in [0.25, 0.3) is 5.56 Å². The lowest BCUT2D eigenvalue weighted by Crippen LogP contribution is -2.50. The number of carbonyl (C=O) groups is 1. The minimum absolute atomic E-state index is 0. The van der Waals surface area contributed by atoms with Crippen LogP contribution < -0.4 is 10.9 Å². The fourth-order valence-electron chi connectivity index (χ4n) is 3.49. The van der Waals surface area contributed by atoms with Gasteiger partial charge in [0.1, 0.15) is 11.4 Å². The highest BCUT2D eigenvalue weighted by atomic mass is 35.5. The maximum atomic E-state index is 13.0. The Morgan fingerprint density at radius 3 is 2.96 bits per heavy atom. The van der Waals surface area contributed by atoms with E-state index in [0.29, 0.717) is 18.5 Å². The Hall–Kier alpha value is -2.29. The van der Waals surface area contributed by atoms with E-state index < -0.39 is 0 Å². The summed E-state index contributed by atoms with van der Waals surface area (Å²) in [5, 5.41) is 3.95. The molecule has 1 unspecified atom stereocenters. The molecule has 148 valence electrons. The number of nitrogens with one attached hydrogen (secondary N) is 1. The van der Waals surface area contributed by atoms with Crippen LogP contribution in [0.3, 0.4) is 0 Å². The van der Waals surface area contributed by atoms with Crippen molar-refractivity contribution in [3.8, 4) is 0 Å². The fourth-order valence-corrected chi connectivity index (χ4v) is 4.48. The van der Waals surface area contributed by atoms with Gasteiger partial charge in [-0.25, -0.2) is 4.98 Å². The number of pyridine rings is 1. The predicted molar refractivity (Wildman–Crippen MR) is 112 cm³/mol. The van der Waals surface area contributed by atoms with Crippen molar-refractivity contribution in [1.82, 2.24) is 24.8 Å². The van der Waals surface area contributed by atoms with Gasteiger partial charge in [0, 0.05) is 36.9 Å². The number of carbonyl (C=O) groups excluding carboxylic acids is 1. The van der Waals surface area contributed by atoms with Crippen LogP contribution in [0.5, 0.6) is 0 Å². The van der Waals surface area contributed by atoms with Crippen LogP contribution >= 0.6 is 23.7 Å². The molecule has 0 bridgehead atoms. The monoisotopic (exact) mass is 419 g/mol. The Kier molecular flexibility index (Phi) is 6.12. The maximum absolute atomic E-state index is 13.0. The molecule has 9 heteroatoms. The standard InChI is InChI=1S/C19H21N5O2S.ClH/c1-12-13(2)27-18-17(12)19(26)23(11-22-18)10-16(25)24-7-6-21-9-15(24)14-4-3-5-20-8-14;/h3-5,8,11,15,21H,6-7,9-10H2,1-2H3;1H. The molecule has 28 heavy (non-hydrogen) atoms. The molecule has 1 aliphatic rings. The molecule has 0 saturated carbocycles. The summed E-state index contributed by atoms with van der Waals surface area (Å²) in [6, 6.07) is 3.76. The van der Waals surface area contributed by atoms with Crippen molar-refractivity contribution >= 4 is 39.9 Å². The Bertz CT molecular complexity index is 1050. The zero-order chi connectivity index (χ0) is 19.0. The topological polar surface area (TPSA) is 80.1 Å². The zero-order valence-electron chi connectivity index (χ0n) is 15.7. The second kappa shape index (κ2) is 8.38. The molecule has 1 N–H and O–H groups in total. The summed E-state index contributed by atoms with van der Waals surface area (Å²) >= 11 is 1.51. The zero-order valence-corrected chi connectivity index (χ0v) is 17.3. The van der Waals surface area contributed by atoms with Gasteiger partial charge in [-0.3, -0.25) is 19.1 Å². The number of fused-ring (bicyclic) bond motifs is 1. The first-order valence-electron chi connectivity index (χ1n) is 8.91. The normalized spacial score (nSPS) is 16.8. The van der Waals surface area contributed by atoms with E-state index in [1.165, 1.54) is 22.2 Å². The minimum atomic E-state index is -0.150. The van der Waals surface area contributed by atoms with E-state index in [-0.39, 0.29) is 36.5 Å². The van der Waals surface area contributed by atoms with Gasteiger partial charge in [0.2, 0.25) is 5.91 Å². The summed E-state index contributed by atoms with van der Waals surface area (Å²) in [7, 11) is 0. The molecule has 1 aliphatic heterocycles. The first-order valence-corrected chi connectivity index (χ1v) is 9.73. The van der Waals surface area contributed by atoms with Crippen LogP contribution in [0.2, 0.25) is 0 Å². The first kappa shape index (κ1) is 20.4. The van der Waals surface area contributed by atoms with E-state index in [1.807, 2.05) is 30.9 Å². The van der Waals surface area contributed by atoms with Crippen molar-refractivity contribution in [2.75, 3.05) is 19.6 Å². The number of halogens is 1. The van der Waals surface area contributed by atoms with Gasteiger partial charge >= 0.3 is 0 Å². The van der Waals surface area contributed by atoms with Gasteiger partial charge in [0.05, 0.1) is 17.8 Å². The van der Waals surface area contributed by atoms with Gasteiger partial charge in [-0.15, -0.1) is 23.7 Å². The van der Waals surface area contributed by atoms with Crippen molar-refractivity contribution < 1.29 is 4.79 Å². The van der Waals surface area contributed by atoms with Crippen LogP contribution in [-0.4, -0.2) is 45.0 Å². The summed E-state index contributed by atoms with van der Waals surface area (Å²) in [5.41, 5.74) is 1.79. The second-order valence-electron chi connectivity index (χ2n) is 6.73. The van der Waals surface area contributed by atoms with Crippen molar-refractivity contribution in [2.24, 2.45) is 0 Å². The Morgan fingerprint density at radius 1 is 1.39 bits per heavy atom. The van der Waals surface area contributed by atoms with Crippen LogP contribution in [0, 0.1) is 13.8 Å². The molecule has 7 nitrogen and oxygen atoms in total. The smallest absolute Gasteiger partial charge is 0.262 e. The van der Waals surface area contributed by atoms with Crippen LogP contribution in [0.15, 0.2) is 35.6 Å². The molecule has 4 heterocycles. The van der Waals surface area contributed by atoms with Gasteiger partial charge in [-0.1, -0.05) is 6.07 Å². The maximum Gasteiger partial charge on any atom is 0.262 e. The van der Waals surface area contributed by atoms with E-state index >= 15 is 0 Å². The lowest BCUT2D eigenvalue weighted by molar-refractivity contribution is -0.135. The lowest BCUT2D eigenvalue weighted by atomic mass is 10.1. The van der Waals surface area contributed by atoms with Gasteiger partial charge in [0.15, 0.2) is 0 Å². The predicted octanol–water partition coefficient (Wildman–Crippen LogP) is 2.06. The number of hydrogen-bond donors (Lipinski definition) is 1. The molecule has 0 radical (unpaired) electrons. The van der Waals surface area contributed by atoms with E-state index in [4.69, 9.17) is 0 Å². The fraction of sp³-hybridized carbons (Fsp3) is 0.368. The molecule has 0 spiro atoms. The van der Waals surface area contributed by atoms with Crippen molar-refractivity contribution in [1.29, 1.82) is 0 Å². The quantitative estimate of drug-likeness (QED) is 0.702. The summed E-state index contributed by atoms with van der Waals surface area (Å²) in [5.74, 6) is -0.0850. The molecule has 0 aliphatic carbocycles. The molecule has 1 saturated heterocycles. The average molecular weight is 420 g/mol. The highest BCUT2D eigenvalue weighted by molar-refractivity contribution is 7.18. The molecule has 1 amide bonds. The number of amides is 1. The SMILES string of the molecule is Cc1sc2ncn(CC(=O)N3CCNCC3c3cccnc3)c(=O)c2c1C.Cl. The summed E-state index contributed by atoms with van der Waals surface area (Å²) in [4.78, 5) is 38.1. The lowest BCUT2D eigenvalue weighted by Gasteiger charge is -2.36. The molecule has 3 aromatic heterocycles. The van der Waals surface area contributed by atoms with Gasteiger partial charge < -0.3 is 10.2 Å². The van der Waals surface area contributed by atoms with E-state index in [2.05, 4.69) is 15.3 Å². The third-order valence-corrected chi connectivity index (χ3v) is 6.21. The first-order chi connectivity index (χ1) is 13.1. The number of rotatable bonds is 3. The Morgan fingerprint density at radius 2 is 2.21 bits per heavy atom. The van der Waals surface area contributed by atoms with Crippen molar-refractivity contribution in [3.05, 3.63) is 57.2 Å². The molecular formula is C19H22ClN5O2S. The number of thiophene rings is 1. The third kappa shape index (κ3) is 3.67. The van der Waals surface area contributed by atoms with Crippen LogP contribution in [-0.2, 0) is 11.3 Å². The molecular weight excluding hydrogens is 398 g/mol. The van der Waals surface area contributed by atoms with Gasteiger partial charge in [-0.2, -0.15) is 0 Å². The Balaban J connectivity index is 0.00000225.